The standard InChI is InChI=1S/C17H21NO2/c1-13(11-15-8-9-15)18-17(20)16-7-4-6-14(12-16)5-2-3-10-19/h4,6-7,12-13,15,19H,3,8-11H2,1H3,(H,18,20). The Morgan fingerprint density at radius 2 is 2.30 bits per heavy atom. The van der Waals surface area contributed by atoms with Crippen LogP contribution in [-0.4, -0.2) is 23.7 Å². The molecular formula is C17H21NO2. The highest BCUT2D eigenvalue weighted by Crippen LogP contribution is 2.33. The van der Waals surface area contributed by atoms with Gasteiger partial charge < -0.3 is 10.4 Å². The molecule has 1 saturated carbocycles. The molecule has 1 aromatic carbocycles. The van der Waals surface area contributed by atoms with Gasteiger partial charge in [0.2, 0.25) is 0 Å². The highest BCUT2D eigenvalue weighted by molar-refractivity contribution is 5.94. The van der Waals surface area contributed by atoms with E-state index in [1.807, 2.05) is 12.1 Å². The molecule has 0 aliphatic heterocycles. The van der Waals surface area contributed by atoms with Crippen molar-refractivity contribution in [3.05, 3.63) is 35.4 Å². The van der Waals surface area contributed by atoms with E-state index in [9.17, 15) is 4.79 Å². The Balaban J connectivity index is 1.95. The Hall–Kier alpha value is -1.79. The second-order valence-electron chi connectivity index (χ2n) is 5.41. The maximum Gasteiger partial charge on any atom is 0.251 e. The topological polar surface area (TPSA) is 49.3 Å². The van der Waals surface area contributed by atoms with Gasteiger partial charge in [-0.05, 0) is 37.5 Å². The normalized spacial score (nSPS) is 15.1. The summed E-state index contributed by atoms with van der Waals surface area (Å²) in [5.74, 6) is 6.58. The van der Waals surface area contributed by atoms with E-state index >= 15 is 0 Å². The van der Waals surface area contributed by atoms with Crippen molar-refractivity contribution in [3.63, 3.8) is 0 Å². The molecule has 3 heteroatoms. The maximum atomic E-state index is 12.1. The lowest BCUT2D eigenvalue weighted by molar-refractivity contribution is 0.0937. The van der Waals surface area contributed by atoms with E-state index in [1.54, 1.807) is 12.1 Å². The summed E-state index contributed by atoms with van der Waals surface area (Å²) in [6, 6.07) is 7.53. The summed E-state index contributed by atoms with van der Waals surface area (Å²) in [6.07, 6.45) is 4.13. The van der Waals surface area contributed by atoms with E-state index in [4.69, 9.17) is 5.11 Å². The molecule has 0 spiro atoms. The molecule has 2 rings (SSSR count). The minimum Gasteiger partial charge on any atom is -0.395 e. The zero-order chi connectivity index (χ0) is 14.4. The van der Waals surface area contributed by atoms with Gasteiger partial charge in [0, 0.05) is 23.6 Å². The fraction of sp³-hybridized carbons (Fsp3) is 0.471. The molecule has 106 valence electrons. The Labute approximate surface area is 120 Å². The summed E-state index contributed by atoms with van der Waals surface area (Å²) in [7, 11) is 0. The Morgan fingerprint density at radius 3 is 3.00 bits per heavy atom. The van der Waals surface area contributed by atoms with Crippen LogP contribution in [0, 0.1) is 17.8 Å². The smallest absolute Gasteiger partial charge is 0.251 e. The first kappa shape index (κ1) is 14.6. The molecule has 20 heavy (non-hydrogen) atoms. The average Bonchev–Trinajstić information content (AvgIpc) is 3.23. The van der Waals surface area contributed by atoms with Crippen molar-refractivity contribution in [3.8, 4) is 11.8 Å². The summed E-state index contributed by atoms with van der Waals surface area (Å²) in [5, 5.41) is 11.7. The van der Waals surface area contributed by atoms with E-state index in [0.29, 0.717) is 12.0 Å². The van der Waals surface area contributed by atoms with Gasteiger partial charge in [-0.1, -0.05) is 30.7 Å². The van der Waals surface area contributed by atoms with Gasteiger partial charge in [0.05, 0.1) is 6.61 Å². The van der Waals surface area contributed by atoms with Crippen LogP contribution in [-0.2, 0) is 0 Å². The highest BCUT2D eigenvalue weighted by Gasteiger charge is 2.24. The average molecular weight is 271 g/mol. The molecule has 2 N–H and O–H groups in total. The summed E-state index contributed by atoms with van der Waals surface area (Å²) in [4.78, 5) is 12.1. The molecule has 0 heterocycles. The minimum absolute atomic E-state index is 0.0380. The van der Waals surface area contributed by atoms with Crippen LogP contribution in [0.3, 0.4) is 0 Å². The molecule has 0 saturated heterocycles. The summed E-state index contributed by atoms with van der Waals surface area (Å²) < 4.78 is 0. The van der Waals surface area contributed by atoms with Gasteiger partial charge in [0.1, 0.15) is 0 Å². The molecule has 1 aliphatic carbocycles. The van der Waals surface area contributed by atoms with Crippen LogP contribution in [0.25, 0.3) is 0 Å². The van der Waals surface area contributed by atoms with Crippen molar-refractivity contribution < 1.29 is 9.90 Å². The lowest BCUT2D eigenvalue weighted by Crippen LogP contribution is -2.32. The monoisotopic (exact) mass is 271 g/mol. The van der Waals surface area contributed by atoms with Gasteiger partial charge in [-0.2, -0.15) is 0 Å². The van der Waals surface area contributed by atoms with Crippen LogP contribution >= 0.6 is 0 Å². The molecule has 3 nitrogen and oxygen atoms in total. The SMILES string of the molecule is CC(CC1CC1)NC(=O)c1cccc(C#CCCO)c1. The van der Waals surface area contributed by atoms with Gasteiger partial charge in [0.15, 0.2) is 0 Å². The van der Waals surface area contributed by atoms with Gasteiger partial charge in [-0.25, -0.2) is 0 Å². The molecule has 1 aromatic rings. The minimum atomic E-state index is -0.0380. The van der Waals surface area contributed by atoms with Crippen LogP contribution < -0.4 is 5.32 Å². The van der Waals surface area contributed by atoms with Crippen molar-refractivity contribution in [1.82, 2.24) is 5.32 Å². The maximum absolute atomic E-state index is 12.1. The predicted octanol–water partition coefficient (Wildman–Crippen LogP) is 2.34. The number of hydrogen-bond acceptors (Lipinski definition) is 2. The summed E-state index contributed by atoms with van der Waals surface area (Å²) in [6.45, 7) is 2.12. The fourth-order valence-corrected chi connectivity index (χ4v) is 2.18. The zero-order valence-electron chi connectivity index (χ0n) is 11.9. The molecule has 0 aromatic heterocycles. The van der Waals surface area contributed by atoms with E-state index in [2.05, 4.69) is 24.1 Å². The quantitative estimate of drug-likeness (QED) is 0.808. The Kier molecular flexibility index (Phi) is 5.20. The van der Waals surface area contributed by atoms with Gasteiger partial charge >= 0.3 is 0 Å². The lowest BCUT2D eigenvalue weighted by atomic mass is 10.1. The largest absolute Gasteiger partial charge is 0.395 e. The number of carbonyl (C=O) groups excluding carboxylic acids is 1. The number of amides is 1. The summed E-state index contributed by atoms with van der Waals surface area (Å²) >= 11 is 0. The third-order valence-corrected chi connectivity index (χ3v) is 3.36. The van der Waals surface area contributed by atoms with Gasteiger partial charge in [-0.15, -0.1) is 0 Å². The number of rotatable bonds is 5. The number of nitrogens with one attached hydrogen (secondary N) is 1. The third-order valence-electron chi connectivity index (χ3n) is 3.36. The lowest BCUT2D eigenvalue weighted by Gasteiger charge is -2.13. The number of carbonyl (C=O) groups is 1. The second-order valence-corrected chi connectivity index (χ2v) is 5.41. The molecule has 1 unspecified atom stereocenters. The predicted molar refractivity (Wildman–Crippen MR) is 79.3 cm³/mol. The second kappa shape index (κ2) is 7.12. The molecule has 1 fully saturated rings. The van der Waals surface area contributed by atoms with Crippen molar-refractivity contribution in [1.29, 1.82) is 0 Å². The van der Waals surface area contributed by atoms with Crippen LogP contribution in [0.2, 0.25) is 0 Å². The molecule has 0 radical (unpaired) electrons. The highest BCUT2D eigenvalue weighted by atomic mass is 16.2. The molecule has 0 bridgehead atoms. The van der Waals surface area contributed by atoms with Crippen molar-refractivity contribution in [2.75, 3.05) is 6.61 Å². The first-order chi connectivity index (χ1) is 9.69. The first-order valence-corrected chi connectivity index (χ1v) is 7.19. The van der Waals surface area contributed by atoms with Crippen molar-refractivity contribution in [2.24, 2.45) is 5.92 Å². The number of aliphatic hydroxyl groups is 1. The van der Waals surface area contributed by atoms with E-state index < -0.39 is 0 Å². The number of benzene rings is 1. The summed E-state index contributed by atoms with van der Waals surface area (Å²) in [5.41, 5.74) is 1.45. The van der Waals surface area contributed by atoms with Crippen LogP contribution in [0.1, 0.15) is 48.5 Å². The van der Waals surface area contributed by atoms with E-state index in [-0.39, 0.29) is 18.6 Å². The fourth-order valence-electron chi connectivity index (χ4n) is 2.18. The molecule has 1 amide bonds. The van der Waals surface area contributed by atoms with Crippen molar-refractivity contribution in [2.45, 2.75) is 38.6 Å². The van der Waals surface area contributed by atoms with Crippen molar-refractivity contribution >= 4 is 5.91 Å². The van der Waals surface area contributed by atoms with Crippen LogP contribution in [0.15, 0.2) is 24.3 Å². The van der Waals surface area contributed by atoms with Gasteiger partial charge in [0.25, 0.3) is 5.91 Å². The first-order valence-electron chi connectivity index (χ1n) is 7.19. The Morgan fingerprint density at radius 1 is 1.50 bits per heavy atom. The van der Waals surface area contributed by atoms with Crippen LogP contribution in [0.4, 0.5) is 0 Å². The molecular weight excluding hydrogens is 250 g/mol. The number of hydrogen-bond donors (Lipinski definition) is 2. The molecule has 1 aliphatic rings. The third kappa shape index (κ3) is 4.71. The van der Waals surface area contributed by atoms with Crippen LogP contribution in [0.5, 0.6) is 0 Å². The van der Waals surface area contributed by atoms with E-state index in [1.165, 1.54) is 12.8 Å². The van der Waals surface area contributed by atoms with E-state index in [0.717, 1.165) is 17.9 Å². The molecule has 1 atom stereocenters. The zero-order valence-corrected chi connectivity index (χ0v) is 11.9. The Bertz CT molecular complexity index is 523. The number of aliphatic hydroxyl groups excluding tert-OH is 1. The van der Waals surface area contributed by atoms with Gasteiger partial charge in [-0.3, -0.25) is 4.79 Å².